The molecule has 0 spiro atoms. The van der Waals surface area contributed by atoms with Gasteiger partial charge in [0.25, 0.3) is 0 Å². The molecule has 3 unspecified atom stereocenters. The molecular formula is C14H20N2O2S. The summed E-state index contributed by atoms with van der Waals surface area (Å²) in [6.45, 7) is 4.25. The number of morpholine rings is 1. The molecule has 104 valence electrons. The third-order valence-corrected chi connectivity index (χ3v) is 4.57. The molecule has 0 bridgehead atoms. The summed E-state index contributed by atoms with van der Waals surface area (Å²) in [6, 6.07) is 6.54. The number of nitrogens with zero attached hydrogens (tertiary/aromatic N) is 2. The van der Waals surface area contributed by atoms with E-state index < -0.39 is 6.10 Å². The molecule has 5 heteroatoms. The second-order valence-electron chi connectivity index (χ2n) is 4.94. The first-order chi connectivity index (χ1) is 9.22. The second-order valence-corrected chi connectivity index (χ2v) is 5.92. The fourth-order valence-electron chi connectivity index (χ4n) is 2.56. The SMILES string of the molecule is CC(CC#N)N1CCOCC1CC(O)c1cccs1. The highest BCUT2D eigenvalue weighted by atomic mass is 32.1. The van der Waals surface area contributed by atoms with Crippen LogP contribution in [0.5, 0.6) is 0 Å². The third kappa shape index (κ3) is 3.77. The Balaban J connectivity index is 1.97. The summed E-state index contributed by atoms with van der Waals surface area (Å²) in [4.78, 5) is 3.29. The van der Waals surface area contributed by atoms with Gasteiger partial charge in [0, 0.05) is 23.5 Å². The van der Waals surface area contributed by atoms with Gasteiger partial charge >= 0.3 is 0 Å². The normalized spacial score (nSPS) is 23.7. The largest absolute Gasteiger partial charge is 0.388 e. The van der Waals surface area contributed by atoms with Crippen molar-refractivity contribution < 1.29 is 9.84 Å². The van der Waals surface area contributed by atoms with E-state index in [0.29, 0.717) is 26.1 Å². The van der Waals surface area contributed by atoms with Gasteiger partial charge < -0.3 is 9.84 Å². The highest BCUT2D eigenvalue weighted by Crippen LogP contribution is 2.27. The Kier molecular flexibility index (Phi) is 5.34. The lowest BCUT2D eigenvalue weighted by molar-refractivity contribution is -0.0413. The van der Waals surface area contributed by atoms with Gasteiger partial charge in [0.05, 0.1) is 31.8 Å². The lowest BCUT2D eigenvalue weighted by Gasteiger charge is -2.39. The van der Waals surface area contributed by atoms with Crippen molar-refractivity contribution in [3.05, 3.63) is 22.4 Å². The van der Waals surface area contributed by atoms with Gasteiger partial charge in [0.15, 0.2) is 0 Å². The molecule has 1 aromatic rings. The maximum absolute atomic E-state index is 10.3. The highest BCUT2D eigenvalue weighted by molar-refractivity contribution is 7.10. The summed E-state index contributed by atoms with van der Waals surface area (Å²) in [6.07, 6.45) is 0.741. The average Bonchev–Trinajstić information content (AvgIpc) is 2.93. The van der Waals surface area contributed by atoms with E-state index in [-0.39, 0.29) is 12.1 Å². The van der Waals surface area contributed by atoms with E-state index in [4.69, 9.17) is 10.00 Å². The maximum atomic E-state index is 10.3. The van der Waals surface area contributed by atoms with Gasteiger partial charge in [-0.2, -0.15) is 5.26 Å². The molecule has 19 heavy (non-hydrogen) atoms. The van der Waals surface area contributed by atoms with Crippen molar-refractivity contribution in [1.29, 1.82) is 5.26 Å². The third-order valence-electron chi connectivity index (χ3n) is 3.59. The van der Waals surface area contributed by atoms with Crippen LogP contribution in [0, 0.1) is 11.3 Å². The summed E-state index contributed by atoms with van der Waals surface area (Å²) in [5, 5.41) is 21.1. The molecule has 2 rings (SSSR count). The minimum Gasteiger partial charge on any atom is -0.388 e. The first kappa shape index (κ1) is 14.5. The molecule has 1 fully saturated rings. The highest BCUT2D eigenvalue weighted by Gasteiger charge is 2.29. The Morgan fingerprint density at radius 2 is 2.53 bits per heavy atom. The summed E-state index contributed by atoms with van der Waals surface area (Å²) in [5.41, 5.74) is 0. The monoisotopic (exact) mass is 280 g/mol. The van der Waals surface area contributed by atoms with Crippen molar-refractivity contribution in [2.75, 3.05) is 19.8 Å². The smallest absolute Gasteiger partial charge is 0.0897 e. The van der Waals surface area contributed by atoms with E-state index in [1.54, 1.807) is 11.3 Å². The van der Waals surface area contributed by atoms with Crippen LogP contribution in [0.15, 0.2) is 17.5 Å². The van der Waals surface area contributed by atoms with Crippen LogP contribution in [-0.2, 0) is 4.74 Å². The van der Waals surface area contributed by atoms with Crippen molar-refractivity contribution in [1.82, 2.24) is 4.90 Å². The Hall–Kier alpha value is -0.930. The number of rotatable bonds is 5. The van der Waals surface area contributed by atoms with E-state index in [1.165, 1.54) is 0 Å². The molecule has 1 N–H and O–H groups in total. The number of thiophene rings is 1. The Labute approximate surface area is 118 Å². The molecule has 2 heterocycles. The van der Waals surface area contributed by atoms with Crippen LogP contribution in [-0.4, -0.2) is 41.8 Å². The van der Waals surface area contributed by atoms with Crippen LogP contribution in [0.25, 0.3) is 0 Å². The van der Waals surface area contributed by atoms with Crippen molar-refractivity contribution in [2.24, 2.45) is 0 Å². The molecule has 0 radical (unpaired) electrons. The predicted molar refractivity (Wildman–Crippen MR) is 74.9 cm³/mol. The standard InChI is InChI=1S/C14H20N2O2S/c1-11(4-5-15)16-6-7-18-10-12(16)9-13(17)14-3-2-8-19-14/h2-3,8,11-13,17H,4,6-7,9-10H2,1H3. The zero-order valence-electron chi connectivity index (χ0n) is 11.2. The van der Waals surface area contributed by atoms with Crippen LogP contribution in [0.4, 0.5) is 0 Å². The Bertz CT molecular complexity index is 416. The van der Waals surface area contributed by atoms with Crippen LogP contribution >= 0.6 is 11.3 Å². The van der Waals surface area contributed by atoms with Gasteiger partial charge in [0.1, 0.15) is 0 Å². The van der Waals surface area contributed by atoms with Crippen LogP contribution in [0.2, 0.25) is 0 Å². The second kappa shape index (κ2) is 7.01. The molecule has 1 aliphatic rings. The van der Waals surface area contributed by atoms with Gasteiger partial charge in [-0.05, 0) is 24.8 Å². The molecule has 3 atom stereocenters. The average molecular weight is 280 g/mol. The Morgan fingerprint density at radius 1 is 1.68 bits per heavy atom. The minimum absolute atomic E-state index is 0.189. The van der Waals surface area contributed by atoms with Crippen molar-refractivity contribution in [3.8, 4) is 6.07 Å². The van der Waals surface area contributed by atoms with Crippen LogP contribution < -0.4 is 0 Å². The summed E-state index contributed by atoms with van der Waals surface area (Å²) >= 11 is 1.58. The van der Waals surface area contributed by atoms with E-state index in [0.717, 1.165) is 11.4 Å². The number of hydrogen-bond donors (Lipinski definition) is 1. The summed E-state index contributed by atoms with van der Waals surface area (Å²) in [7, 11) is 0. The molecule has 1 saturated heterocycles. The fourth-order valence-corrected chi connectivity index (χ4v) is 3.28. The van der Waals surface area contributed by atoms with Gasteiger partial charge in [-0.25, -0.2) is 0 Å². The number of aliphatic hydroxyl groups excluding tert-OH is 1. The van der Waals surface area contributed by atoms with E-state index in [9.17, 15) is 5.11 Å². The van der Waals surface area contributed by atoms with Crippen LogP contribution in [0.3, 0.4) is 0 Å². The fraction of sp³-hybridized carbons (Fsp3) is 0.643. The quantitative estimate of drug-likeness (QED) is 0.898. The first-order valence-electron chi connectivity index (χ1n) is 6.64. The topological polar surface area (TPSA) is 56.5 Å². The number of aliphatic hydroxyl groups is 1. The van der Waals surface area contributed by atoms with Gasteiger partial charge in [-0.1, -0.05) is 6.07 Å². The van der Waals surface area contributed by atoms with Gasteiger partial charge in [-0.3, -0.25) is 4.90 Å². The summed E-state index contributed by atoms with van der Waals surface area (Å²) < 4.78 is 5.53. The number of ether oxygens (including phenoxy) is 1. The molecule has 0 amide bonds. The lowest BCUT2D eigenvalue weighted by atomic mass is 10.0. The minimum atomic E-state index is -0.441. The van der Waals surface area contributed by atoms with E-state index >= 15 is 0 Å². The molecule has 0 aliphatic carbocycles. The molecule has 1 aliphatic heterocycles. The first-order valence-corrected chi connectivity index (χ1v) is 7.52. The van der Waals surface area contributed by atoms with E-state index in [1.807, 2.05) is 17.5 Å². The van der Waals surface area contributed by atoms with Crippen LogP contribution in [0.1, 0.15) is 30.7 Å². The molecule has 4 nitrogen and oxygen atoms in total. The molecule has 0 saturated carbocycles. The molecule has 1 aromatic heterocycles. The van der Waals surface area contributed by atoms with Crippen molar-refractivity contribution in [2.45, 2.75) is 38.0 Å². The van der Waals surface area contributed by atoms with Gasteiger partial charge in [0.2, 0.25) is 0 Å². The molecule has 0 aromatic carbocycles. The predicted octanol–water partition coefficient (Wildman–Crippen LogP) is 2.17. The maximum Gasteiger partial charge on any atom is 0.0897 e. The zero-order chi connectivity index (χ0) is 13.7. The van der Waals surface area contributed by atoms with Crippen molar-refractivity contribution in [3.63, 3.8) is 0 Å². The lowest BCUT2D eigenvalue weighted by Crippen LogP contribution is -2.50. The molecular weight excluding hydrogens is 260 g/mol. The van der Waals surface area contributed by atoms with Crippen molar-refractivity contribution >= 4 is 11.3 Å². The Morgan fingerprint density at radius 3 is 3.21 bits per heavy atom. The number of nitriles is 1. The van der Waals surface area contributed by atoms with E-state index in [2.05, 4.69) is 17.9 Å². The number of hydrogen-bond acceptors (Lipinski definition) is 5. The summed E-state index contributed by atoms with van der Waals surface area (Å²) in [5.74, 6) is 0. The zero-order valence-corrected chi connectivity index (χ0v) is 12.0. The van der Waals surface area contributed by atoms with Gasteiger partial charge in [-0.15, -0.1) is 11.3 Å².